The normalized spacial score (nSPS) is 19.8. The Labute approximate surface area is 50.9 Å². The molecule has 0 heterocycles. The summed E-state index contributed by atoms with van der Waals surface area (Å²) in [4.78, 5) is 0. The Morgan fingerprint density at radius 1 is 1.50 bits per heavy atom. The maximum atomic E-state index is 3.03. The maximum Gasteiger partial charge on any atom is 0.0211 e. The van der Waals surface area contributed by atoms with Gasteiger partial charge in [-0.25, -0.2) is 0 Å². The van der Waals surface area contributed by atoms with Gasteiger partial charge in [-0.1, -0.05) is 11.6 Å². The summed E-state index contributed by atoms with van der Waals surface area (Å²) in [5, 5.41) is 0. The van der Waals surface area contributed by atoms with E-state index >= 15 is 0 Å². The van der Waals surface area contributed by atoms with Crippen molar-refractivity contribution in [3.8, 4) is 0 Å². The molecule has 41 valence electrons. The van der Waals surface area contributed by atoms with Gasteiger partial charge >= 0.3 is 0 Å². The van der Waals surface area contributed by atoms with Gasteiger partial charge in [0.2, 0.25) is 0 Å². The Morgan fingerprint density at radius 2 is 2.25 bits per heavy atom. The molecule has 0 unspecified atom stereocenters. The maximum absolute atomic E-state index is 3.03. The molecule has 0 atom stereocenters. The molecular formula is C8H9. The van der Waals surface area contributed by atoms with Crippen LogP contribution in [0.1, 0.15) is 20.3 Å². The van der Waals surface area contributed by atoms with Gasteiger partial charge in [0.25, 0.3) is 0 Å². The highest BCUT2D eigenvalue weighted by Gasteiger charge is 1.97. The van der Waals surface area contributed by atoms with Crippen molar-refractivity contribution in [2.75, 3.05) is 0 Å². The van der Waals surface area contributed by atoms with E-state index in [9.17, 15) is 0 Å². The first kappa shape index (κ1) is 5.61. The van der Waals surface area contributed by atoms with Gasteiger partial charge in [0, 0.05) is 6.42 Å². The van der Waals surface area contributed by atoms with E-state index in [1.165, 1.54) is 11.1 Å². The average Bonchev–Trinajstić information content (AvgIpc) is 1.77. The highest BCUT2D eigenvalue weighted by molar-refractivity contribution is 5.30. The summed E-state index contributed by atoms with van der Waals surface area (Å²) in [6.45, 7) is 4.15. The molecule has 0 aromatic rings. The van der Waals surface area contributed by atoms with E-state index in [1.807, 2.05) is 0 Å². The van der Waals surface area contributed by atoms with Crippen LogP contribution in [0.5, 0.6) is 0 Å². The molecule has 0 N–H and O–H groups in total. The number of allylic oxidation sites excluding steroid dienone is 4. The van der Waals surface area contributed by atoms with Crippen LogP contribution < -0.4 is 0 Å². The van der Waals surface area contributed by atoms with Crippen LogP contribution in [-0.4, -0.2) is 0 Å². The van der Waals surface area contributed by atoms with E-state index in [2.05, 4.69) is 32.4 Å². The summed E-state index contributed by atoms with van der Waals surface area (Å²) in [7, 11) is 0. The second kappa shape index (κ2) is 2.17. The summed E-state index contributed by atoms with van der Waals surface area (Å²) >= 11 is 0. The molecular weight excluding hydrogens is 96.1 g/mol. The van der Waals surface area contributed by atoms with Gasteiger partial charge in [-0.15, -0.1) is 0 Å². The van der Waals surface area contributed by atoms with Crippen molar-refractivity contribution in [2.24, 2.45) is 0 Å². The summed E-state index contributed by atoms with van der Waals surface area (Å²) < 4.78 is 0. The summed E-state index contributed by atoms with van der Waals surface area (Å²) in [5.41, 5.74) is 2.56. The fourth-order valence-corrected chi connectivity index (χ4v) is 0.639. The van der Waals surface area contributed by atoms with E-state index in [4.69, 9.17) is 0 Å². The van der Waals surface area contributed by atoms with Crippen LogP contribution in [-0.2, 0) is 0 Å². The van der Waals surface area contributed by atoms with Crippen LogP contribution in [0.4, 0.5) is 0 Å². The van der Waals surface area contributed by atoms with Crippen molar-refractivity contribution in [2.45, 2.75) is 20.3 Å². The van der Waals surface area contributed by atoms with Crippen molar-refractivity contribution in [1.29, 1.82) is 0 Å². The molecule has 0 spiro atoms. The minimum atomic E-state index is 0.934. The standard InChI is InChI=1S/C8H9/c1-7-5-3-4-6-8(7)2/h5H,3H2,1-2H3. The molecule has 0 aromatic carbocycles. The fraction of sp³-hybridized carbons (Fsp3) is 0.375. The van der Waals surface area contributed by atoms with Crippen molar-refractivity contribution >= 4 is 0 Å². The molecule has 0 saturated carbocycles. The monoisotopic (exact) mass is 105 g/mol. The van der Waals surface area contributed by atoms with E-state index in [0.717, 1.165) is 6.42 Å². The van der Waals surface area contributed by atoms with Crippen molar-refractivity contribution in [3.63, 3.8) is 0 Å². The van der Waals surface area contributed by atoms with E-state index in [0.29, 0.717) is 0 Å². The second-order valence-electron chi connectivity index (χ2n) is 2.02. The Balaban J connectivity index is 2.73. The van der Waals surface area contributed by atoms with Crippen LogP contribution in [0.15, 0.2) is 17.2 Å². The lowest BCUT2D eigenvalue weighted by Crippen LogP contribution is -1.86. The molecule has 0 amide bonds. The zero-order chi connectivity index (χ0) is 5.98. The third kappa shape index (κ3) is 1.00. The summed E-state index contributed by atoms with van der Waals surface area (Å²) in [6.07, 6.45) is 9.12. The third-order valence-corrected chi connectivity index (χ3v) is 1.38. The Hall–Kier alpha value is -0.520. The predicted molar refractivity (Wildman–Crippen MR) is 34.0 cm³/mol. The zero-order valence-corrected chi connectivity index (χ0v) is 5.28. The van der Waals surface area contributed by atoms with Gasteiger partial charge in [0.15, 0.2) is 0 Å². The van der Waals surface area contributed by atoms with E-state index < -0.39 is 0 Å². The summed E-state index contributed by atoms with van der Waals surface area (Å²) in [5.74, 6) is 0. The average molecular weight is 105 g/mol. The van der Waals surface area contributed by atoms with Crippen molar-refractivity contribution < 1.29 is 0 Å². The molecule has 1 rings (SSSR count). The minimum absolute atomic E-state index is 0.934. The molecule has 0 fully saturated rings. The molecule has 3 radical (unpaired) electrons. The first-order valence-electron chi connectivity index (χ1n) is 2.80. The number of hydrogen-bond donors (Lipinski definition) is 0. The number of hydrogen-bond acceptors (Lipinski definition) is 0. The molecule has 0 nitrogen and oxygen atoms in total. The molecule has 0 aromatic heterocycles. The smallest absolute Gasteiger partial charge is 0.0211 e. The first-order valence-corrected chi connectivity index (χ1v) is 2.80. The molecule has 8 heavy (non-hydrogen) atoms. The molecule has 0 heteroatoms. The fourth-order valence-electron chi connectivity index (χ4n) is 0.639. The molecule has 0 saturated heterocycles. The predicted octanol–water partition coefficient (Wildman–Crippen LogP) is 2.17. The lowest BCUT2D eigenvalue weighted by Gasteiger charge is -2.04. The van der Waals surface area contributed by atoms with Crippen molar-refractivity contribution in [3.05, 3.63) is 29.7 Å². The molecule has 0 bridgehead atoms. The topological polar surface area (TPSA) is 0 Å². The SMILES string of the molecule is CC1=[C][C]CC=C1C. The van der Waals surface area contributed by atoms with E-state index in [-0.39, 0.29) is 0 Å². The van der Waals surface area contributed by atoms with Gasteiger partial charge in [-0.05, 0) is 31.9 Å². The summed E-state index contributed by atoms with van der Waals surface area (Å²) in [6, 6.07) is 0. The Kier molecular flexibility index (Phi) is 1.52. The van der Waals surface area contributed by atoms with Gasteiger partial charge < -0.3 is 0 Å². The minimum Gasteiger partial charge on any atom is -0.0804 e. The van der Waals surface area contributed by atoms with Crippen LogP contribution in [0, 0.1) is 12.5 Å². The van der Waals surface area contributed by atoms with Gasteiger partial charge in [0.05, 0.1) is 0 Å². The van der Waals surface area contributed by atoms with Crippen molar-refractivity contribution in [1.82, 2.24) is 0 Å². The first-order chi connectivity index (χ1) is 3.80. The van der Waals surface area contributed by atoms with Gasteiger partial charge in [-0.3, -0.25) is 0 Å². The van der Waals surface area contributed by atoms with Gasteiger partial charge in [0.1, 0.15) is 0 Å². The number of rotatable bonds is 0. The zero-order valence-electron chi connectivity index (χ0n) is 5.28. The Morgan fingerprint density at radius 3 is 2.62 bits per heavy atom. The largest absolute Gasteiger partial charge is 0.0804 e. The highest BCUT2D eigenvalue weighted by atomic mass is 14.0. The second-order valence-corrected chi connectivity index (χ2v) is 2.02. The van der Waals surface area contributed by atoms with E-state index in [1.54, 1.807) is 0 Å². The Bertz CT molecular complexity index is 120. The van der Waals surface area contributed by atoms with Crippen LogP contribution in [0.2, 0.25) is 0 Å². The quantitative estimate of drug-likeness (QED) is 0.443. The molecule has 1 aliphatic rings. The molecule has 1 aliphatic carbocycles. The van der Waals surface area contributed by atoms with Crippen LogP contribution >= 0.6 is 0 Å². The molecule has 0 aliphatic heterocycles. The highest BCUT2D eigenvalue weighted by Crippen LogP contribution is 2.14. The van der Waals surface area contributed by atoms with Crippen LogP contribution in [0.3, 0.4) is 0 Å². The lowest BCUT2D eigenvalue weighted by molar-refractivity contribution is 1.14. The third-order valence-electron chi connectivity index (χ3n) is 1.38. The van der Waals surface area contributed by atoms with Crippen LogP contribution in [0.25, 0.3) is 0 Å². The lowest BCUT2D eigenvalue weighted by atomic mass is 10.0. The van der Waals surface area contributed by atoms with Gasteiger partial charge in [-0.2, -0.15) is 0 Å².